The Morgan fingerprint density at radius 3 is 2.95 bits per heavy atom. The van der Waals surface area contributed by atoms with Gasteiger partial charge in [0.1, 0.15) is 0 Å². The third-order valence-corrected chi connectivity index (χ3v) is 3.93. The molecule has 1 aliphatic rings. The van der Waals surface area contributed by atoms with Crippen molar-refractivity contribution in [3.8, 4) is 0 Å². The van der Waals surface area contributed by atoms with Crippen LogP contribution in [0.3, 0.4) is 0 Å². The fourth-order valence-corrected chi connectivity index (χ4v) is 2.85. The predicted octanol–water partition coefficient (Wildman–Crippen LogP) is 3.69. The first-order valence-corrected chi connectivity index (χ1v) is 7.37. The van der Waals surface area contributed by atoms with E-state index >= 15 is 0 Å². The largest absolute Gasteiger partial charge is 0.478 e. The number of alkyl halides is 2. The van der Waals surface area contributed by atoms with Gasteiger partial charge in [-0.1, -0.05) is 18.6 Å². The number of rotatable bonds is 5. The minimum absolute atomic E-state index is 0.00412. The average molecular weight is 297 g/mol. The van der Waals surface area contributed by atoms with Crippen LogP contribution >= 0.6 is 0 Å². The predicted molar refractivity (Wildman–Crippen MR) is 76.6 cm³/mol. The van der Waals surface area contributed by atoms with Gasteiger partial charge in [-0.25, -0.2) is 13.6 Å². The Balaban J connectivity index is 1.83. The summed E-state index contributed by atoms with van der Waals surface area (Å²) in [5.41, 5.74) is 1.10. The van der Waals surface area contributed by atoms with Crippen LogP contribution in [0.5, 0.6) is 0 Å². The summed E-state index contributed by atoms with van der Waals surface area (Å²) < 4.78 is 27.0. The van der Waals surface area contributed by atoms with E-state index in [1.165, 1.54) is 6.07 Å². The first-order chi connectivity index (χ1) is 9.96. The highest BCUT2D eigenvalue weighted by molar-refractivity contribution is 5.87. The van der Waals surface area contributed by atoms with Gasteiger partial charge in [0, 0.05) is 19.4 Å². The van der Waals surface area contributed by atoms with Crippen LogP contribution < -0.4 is 5.32 Å². The molecule has 0 aliphatic heterocycles. The smallest absolute Gasteiger partial charge is 0.335 e. The standard InChI is InChI=1S/C16H21F2NO2/c17-16(18)7-2-1-4-13(9-16)11-19-10-12-5-3-6-14(8-12)15(20)21/h3,5-6,8,13,19H,1-2,4,7,9-11H2,(H,20,21). The maximum absolute atomic E-state index is 13.5. The minimum atomic E-state index is -2.54. The van der Waals surface area contributed by atoms with Crippen LogP contribution in [-0.4, -0.2) is 23.5 Å². The second-order valence-electron chi connectivity index (χ2n) is 5.81. The molecule has 0 heterocycles. The zero-order chi connectivity index (χ0) is 15.3. The van der Waals surface area contributed by atoms with Crippen LogP contribution in [0.2, 0.25) is 0 Å². The lowest BCUT2D eigenvalue weighted by atomic mass is 9.98. The van der Waals surface area contributed by atoms with Gasteiger partial charge in [-0.05, 0) is 43.0 Å². The molecular weight excluding hydrogens is 276 g/mol. The van der Waals surface area contributed by atoms with Crippen LogP contribution in [-0.2, 0) is 6.54 Å². The summed E-state index contributed by atoms with van der Waals surface area (Å²) in [7, 11) is 0. The van der Waals surface area contributed by atoms with Crippen molar-refractivity contribution < 1.29 is 18.7 Å². The number of carboxylic acid groups (broad SMARTS) is 1. The molecule has 1 aromatic rings. The van der Waals surface area contributed by atoms with E-state index < -0.39 is 11.9 Å². The fourth-order valence-electron chi connectivity index (χ4n) is 2.85. The summed E-state index contributed by atoms with van der Waals surface area (Å²) in [6.45, 7) is 1.05. The normalized spacial score (nSPS) is 21.7. The van der Waals surface area contributed by atoms with Gasteiger partial charge in [0.05, 0.1) is 5.56 Å². The molecule has 1 aliphatic carbocycles. The number of nitrogens with one attached hydrogen (secondary N) is 1. The number of carbonyl (C=O) groups is 1. The summed E-state index contributed by atoms with van der Waals surface area (Å²) in [4.78, 5) is 10.9. The highest BCUT2D eigenvalue weighted by Crippen LogP contribution is 2.34. The van der Waals surface area contributed by atoms with Crippen molar-refractivity contribution in [3.63, 3.8) is 0 Å². The van der Waals surface area contributed by atoms with Gasteiger partial charge in [-0.2, -0.15) is 0 Å². The molecule has 5 heteroatoms. The number of aromatic carboxylic acids is 1. The SMILES string of the molecule is O=C(O)c1cccc(CNCC2CCCCC(F)(F)C2)c1. The summed E-state index contributed by atoms with van der Waals surface area (Å²) >= 11 is 0. The summed E-state index contributed by atoms with van der Waals surface area (Å²) in [5.74, 6) is -3.50. The number of benzene rings is 1. The Morgan fingerprint density at radius 1 is 1.38 bits per heavy atom. The molecule has 2 N–H and O–H groups in total. The Bertz CT molecular complexity index is 491. The van der Waals surface area contributed by atoms with Gasteiger partial charge < -0.3 is 10.4 Å². The number of halogens is 2. The fraction of sp³-hybridized carbons (Fsp3) is 0.562. The molecule has 0 saturated heterocycles. The lowest BCUT2D eigenvalue weighted by Gasteiger charge is -2.20. The number of carboxylic acids is 1. The molecule has 1 fully saturated rings. The van der Waals surface area contributed by atoms with E-state index in [0.29, 0.717) is 19.5 Å². The lowest BCUT2D eigenvalue weighted by molar-refractivity contribution is -0.0249. The molecule has 2 rings (SSSR count). The molecule has 0 amide bonds. The van der Waals surface area contributed by atoms with E-state index in [1.807, 2.05) is 6.07 Å². The molecule has 1 unspecified atom stereocenters. The molecule has 116 valence electrons. The molecule has 0 aromatic heterocycles. The molecule has 1 aromatic carbocycles. The van der Waals surface area contributed by atoms with Gasteiger partial charge in [0.2, 0.25) is 5.92 Å². The van der Waals surface area contributed by atoms with E-state index in [4.69, 9.17) is 5.11 Å². The summed E-state index contributed by atoms with van der Waals surface area (Å²) in [5, 5.41) is 12.1. The van der Waals surface area contributed by atoms with Crippen LogP contribution in [0.15, 0.2) is 24.3 Å². The Kier molecular flexibility index (Phi) is 5.28. The third-order valence-electron chi connectivity index (χ3n) is 3.93. The van der Waals surface area contributed by atoms with E-state index in [0.717, 1.165) is 18.4 Å². The van der Waals surface area contributed by atoms with Crippen molar-refractivity contribution in [2.45, 2.75) is 44.6 Å². The lowest BCUT2D eigenvalue weighted by Crippen LogP contribution is -2.27. The van der Waals surface area contributed by atoms with Crippen LogP contribution in [0.1, 0.15) is 48.0 Å². The van der Waals surface area contributed by atoms with Crippen molar-refractivity contribution >= 4 is 5.97 Å². The van der Waals surface area contributed by atoms with E-state index in [2.05, 4.69) is 5.32 Å². The second-order valence-corrected chi connectivity index (χ2v) is 5.81. The van der Waals surface area contributed by atoms with E-state index in [9.17, 15) is 13.6 Å². The van der Waals surface area contributed by atoms with Crippen molar-refractivity contribution in [1.29, 1.82) is 0 Å². The average Bonchev–Trinajstić information content (AvgIpc) is 2.60. The van der Waals surface area contributed by atoms with Gasteiger partial charge in [0.15, 0.2) is 0 Å². The molecule has 1 saturated carbocycles. The maximum Gasteiger partial charge on any atom is 0.335 e. The zero-order valence-electron chi connectivity index (χ0n) is 11.9. The Hall–Kier alpha value is -1.49. The molecular formula is C16H21F2NO2. The molecule has 1 atom stereocenters. The highest BCUT2D eigenvalue weighted by Gasteiger charge is 2.33. The van der Waals surface area contributed by atoms with E-state index in [1.54, 1.807) is 12.1 Å². The molecule has 0 bridgehead atoms. The van der Waals surface area contributed by atoms with Gasteiger partial charge in [0.25, 0.3) is 0 Å². The van der Waals surface area contributed by atoms with Crippen LogP contribution in [0.25, 0.3) is 0 Å². The second kappa shape index (κ2) is 6.98. The van der Waals surface area contributed by atoms with Crippen molar-refractivity contribution in [1.82, 2.24) is 5.32 Å². The first kappa shape index (κ1) is 15.9. The highest BCUT2D eigenvalue weighted by atomic mass is 19.3. The van der Waals surface area contributed by atoms with Gasteiger partial charge in [-0.3, -0.25) is 0 Å². The molecule has 21 heavy (non-hydrogen) atoms. The van der Waals surface area contributed by atoms with Crippen LogP contribution in [0, 0.1) is 5.92 Å². The maximum atomic E-state index is 13.5. The third kappa shape index (κ3) is 5.08. The van der Waals surface area contributed by atoms with Crippen molar-refractivity contribution in [2.24, 2.45) is 5.92 Å². The van der Waals surface area contributed by atoms with E-state index in [-0.39, 0.29) is 24.3 Å². The minimum Gasteiger partial charge on any atom is -0.478 e. The Morgan fingerprint density at radius 2 is 2.19 bits per heavy atom. The Labute approximate surface area is 123 Å². The first-order valence-electron chi connectivity index (χ1n) is 7.37. The number of hydrogen-bond donors (Lipinski definition) is 2. The van der Waals surface area contributed by atoms with Crippen LogP contribution in [0.4, 0.5) is 8.78 Å². The molecule has 0 radical (unpaired) electrons. The van der Waals surface area contributed by atoms with Crippen molar-refractivity contribution in [3.05, 3.63) is 35.4 Å². The number of hydrogen-bond acceptors (Lipinski definition) is 2. The summed E-state index contributed by atoms with van der Waals surface area (Å²) in [6.07, 6.45) is 2.25. The quantitative estimate of drug-likeness (QED) is 0.815. The van der Waals surface area contributed by atoms with Crippen molar-refractivity contribution in [2.75, 3.05) is 6.54 Å². The molecule has 0 spiro atoms. The topological polar surface area (TPSA) is 49.3 Å². The monoisotopic (exact) mass is 297 g/mol. The molecule has 3 nitrogen and oxygen atoms in total. The zero-order valence-corrected chi connectivity index (χ0v) is 11.9. The summed E-state index contributed by atoms with van der Waals surface area (Å²) in [6, 6.07) is 6.68. The van der Waals surface area contributed by atoms with Gasteiger partial charge >= 0.3 is 5.97 Å². The van der Waals surface area contributed by atoms with Gasteiger partial charge in [-0.15, -0.1) is 0 Å².